The quantitative estimate of drug-likeness (QED) is 0.874. The number of phenolic OH excluding ortho intramolecular Hbond substituents is 1. The molecule has 0 aliphatic heterocycles. The Morgan fingerprint density at radius 1 is 1.22 bits per heavy atom. The third-order valence-electron chi connectivity index (χ3n) is 2.29. The van der Waals surface area contributed by atoms with Crippen LogP contribution in [0.2, 0.25) is 5.02 Å². The molecule has 0 atom stereocenters. The fraction of sp³-hybridized carbons (Fsp3) is 0. The Kier molecular flexibility index (Phi) is 3.48. The molecular formula is C13H9ClFNO2. The van der Waals surface area contributed by atoms with Gasteiger partial charge < -0.3 is 10.4 Å². The molecule has 92 valence electrons. The summed E-state index contributed by atoms with van der Waals surface area (Å²) in [6.45, 7) is 0. The third kappa shape index (κ3) is 2.78. The predicted molar refractivity (Wildman–Crippen MR) is 67.5 cm³/mol. The Hall–Kier alpha value is -2.07. The van der Waals surface area contributed by atoms with Crippen molar-refractivity contribution in [2.75, 3.05) is 5.32 Å². The molecule has 0 aliphatic rings. The molecule has 0 aromatic heterocycles. The molecule has 0 bridgehead atoms. The van der Waals surface area contributed by atoms with Gasteiger partial charge in [-0.15, -0.1) is 0 Å². The molecule has 2 rings (SSSR count). The van der Waals surface area contributed by atoms with E-state index < -0.39 is 11.7 Å². The predicted octanol–water partition coefficient (Wildman–Crippen LogP) is 3.44. The van der Waals surface area contributed by atoms with Crippen molar-refractivity contribution in [3.8, 4) is 5.75 Å². The van der Waals surface area contributed by atoms with Gasteiger partial charge in [-0.25, -0.2) is 4.39 Å². The van der Waals surface area contributed by atoms with E-state index in [2.05, 4.69) is 5.32 Å². The molecule has 0 spiro atoms. The van der Waals surface area contributed by atoms with Crippen molar-refractivity contribution in [3.05, 3.63) is 58.9 Å². The molecule has 0 fully saturated rings. The Morgan fingerprint density at radius 3 is 2.67 bits per heavy atom. The van der Waals surface area contributed by atoms with E-state index >= 15 is 0 Å². The van der Waals surface area contributed by atoms with Gasteiger partial charge in [-0.1, -0.05) is 17.7 Å². The van der Waals surface area contributed by atoms with Gasteiger partial charge in [0.25, 0.3) is 5.91 Å². The van der Waals surface area contributed by atoms with Crippen molar-refractivity contribution in [1.82, 2.24) is 0 Å². The van der Waals surface area contributed by atoms with Gasteiger partial charge in [0.15, 0.2) is 0 Å². The second-order valence-electron chi connectivity index (χ2n) is 3.63. The first-order valence-electron chi connectivity index (χ1n) is 5.12. The van der Waals surface area contributed by atoms with Gasteiger partial charge in [0, 0.05) is 17.3 Å². The fourth-order valence-electron chi connectivity index (χ4n) is 1.42. The Balaban J connectivity index is 2.19. The van der Waals surface area contributed by atoms with E-state index in [1.807, 2.05) is 0 Å². The highest BCUT2D eigenvalue weighted by molar-refractivity contribution is 6.31. The van der Waals surface area contributed by atoms with Crippen LogP contribution in [0.1, 0.15) is 10.4 Å². The molecule has 18 heavy (non-hydrogen) atoms. The van der Waals surface area contributed by atoms with Crippen LogP contribution in [0.25, 0.3) is 0 Å². The summed E-state index contributed by atoms with van der Waals surface area (Å²) >= 11 is 5.59. The van der Waals surface area contributed by atoms with Crippen molar-refractivity contribution in [2.24, 2.45) is 0 Å². The largest absolute Gasteiger partial charge is 0.508 e. The number of aromatic hydroxyl groups is 1. The number of phenols is 1. The monoisotopic (exact) mass is 265 g/mol. The first kappa shape index (κ1) is 12.4. The van der Waals surface area contributed by atoms with Crippen LogP contribution in [-0.2, 0) is 0 Å². The number of anilines is 1. The lowest BCUT2D eigenvalue weighted by atomic mass is 10.2. The lowest BCUT2D eigenvalue weighted by Gasteiger charge is -2.06. The number of carbonyl (C=O) groups is 1. The van der Waals surface area contributed by atoms with Crippen LogP contribution in [0, 0.1) is 5.82 Å². The number of nitrogens with one attached hydrogen (secondary N) is 1. The molecule has 0 saturated carbocycles. The van der Waals surface area contributed by atoms with Crippen LogP contribution < -0.4 is 5.32 Å². The van der Waals surface area contributed by atoms with E-state index in [1.165, 1.54) is 24.3 Å². The lowest BCUT2D eigenvalue weighted by molar-refractivity contribution is 0.102. The second-order valence-corrected chi connectivity index (χ2v) is 4.04. The summed E-state index contributed by atoms with van der Waals surface area (Å²) in [4.78, 5) is 11.8. The molecule has 0 unspecified atom stereocenters. The van der Waals surface area contributed by atoms with E-state index in [0.717, 1.165) is 6.07 Å². The lowest BCUT2D eigenvalue weighted by Crippen LogP contribution is -2.11. The van der Waals surface area contributed by atoms with Gasteiger partial charge in [0.05, 0.1) is 5.02 Å². The summed E-state index contributed by atoms with van der Waals surface area (Å²) in [5, 5.41) is 11.7. The number of carbonyl (C=O) groups excluding carboxylic acids is 1. The van der Waals surface area contributed by atoms with Crippen LogP contribution in [-0.4, -0.2) is 11.0 Å². The molecule has 1 amide bonds. The van der Waals surface area contributed by atoms with Gasteiger partial charge in [-0.2, -0.15) is 0 Å². The van der Waals surface area contributed by atoms with Crippen LogP contribution in [0.15, 0.2) is 42.5 Å². The maximum absolute atomic E-state index is 12.9. The van der Waals surface area contributed by atoms with Crippen LogP contribution in [0.4, 0.5) is 10.1 Å². The van der Waals surface area contributed by atoms with Crippen molar-refractivity contribution in [2.45, 2.75) is 0 Å². The van der Waals surface area contributed by atoms with Crippen molar-refractivity contribution in [1.29, 1.82) is 0 Å². The number of amides is 1. The van der Waals surface area contributed by atoms with Gasteiger partial charge in [0.2, 0.25) is 0 Å². The maximum atomic E-state index is 12.9. The van der Waals surface area contributed by atoms with Crippen LogP contribution in [0.3, 0.4) is 0 Å². The highest BCUT2D eigenvalue weighted by Crippen LogP contribution is 2.19. The topological polar surface area (TPSA) is 49.3 Å². The summed E-state index contributed by atoms with van der Waals surface area (Å²) < 4.78 is 12.9. The molecule has 2 aromatic rings. The Labute approximate surface area is 108 Å². The third-order valence-corrected chi connectivity index (χ3v) is 2.58. The number of hydrogen-bond donors (Lipinski definition) is 2. The molecule has 5 heteroatoms. The highest BCUT2D eigenvalue weighted by atomic mass is 35.5. The number of rotatable bonds is 2. The SMILES string of the molecule is O=C(Nc1cccc(O)c1)c1ccc(F)c(Cl)c1. The minimum Gasteiger partial charge on any atom is -0.508 e. The first-order valence-corrected chi connectivity index (χ1v) is 5.49. The normalized spacial score (nSPS) is 10.1. The van der Waals surface area contributed by atoms with Crippen LogP contribution >= 0.6 is 11.6 Å². The van der Waals surface area contributed by atoms with Crippen LogP contribution in [0.5, 0.6) is 5.75 Å². The number of benzene rings is 2. The first-order chi connectivity index (χ1) is 8.56. The zero-order chi connectivity index (χ0) is 13.1. The minimum atomic E-state index is -0.578. The van der Waals surface area contributed by atoms with Crippen molar-refractivity contribution < 1.29 is 14.3 Å². The van der Waals surface area contributed by atoms with Crippen molar-refractivity contribution in [3.63, 3.8) is 0 Å². The summed E-state index contributed by atoms with van der Waals surface area (Å²) in [5.41, 5.74) is 0.685. The van der Waals surface area contributed by atoms with E-state index in [4.69, 9.17) is 11.6 Å². The Bertz CT molecular complexity index is 601. The molecule has 2 aromatic carbocycles. The van der Waals surface area contributed by atoms with Gasteiger partial charge >= 0.3 is 0 Å². The minimum absolute atomic E-state index is 0.0462. The standard InChI is InChI=1S/C13H9ClFNO2/c14-11-6-8(4-5-12(11)15)13(18)16-9-2-1-3-10(17)7-9/h1-7,17H,(H,16,18). The molecule has 2 N–H and O–H groups in total. The van der Waals surface area contributed by atoms with Gasteiger partial charge in [-0.3, -0.25) is 4.79 Å². The highest BCUT2D eigenvalue weighted by Gasteiger charge is 2.09. The number of hydrogen-bond acceptors (Lipinski definition) is 2. The van der Waals surface area contributed by atoms with Gasteiger partial charge in [-0.05, 0) is 30.3 Å². The zero-order valence-corrected chi connectivity index (χ0v) is 9.91. The van der Waals surface area contributed by atoms with E-state index in [0.29, 0.717) is 5.69 Å². The molecule has 0 aliphatic carbocycles. The van der Waals surface area contributed by atoms with E-state index in [1.54, 1.807) is 12.1 Å². The smallest absolute Gasteiger partial charge is 0.255 e. The second kappa shape index (κ2) is 5.06. The van der Waals surface area contributed by atoms with Crippen molar-refractivity contribution >= 4 is 23.2 Å². The summed E-state index contributed by atoms with van der Waals surface area (Å²) in [6, 6.07) is 9.83. The maximum Gasteiger partial charge on any atom is 0.255 e. The zero-order valence-electron chi connectivity index (χ0n) is 9.15. The molecule has 3 nitrogen and oxygen atoms in total. The van der Waals surface area contributed by atoms with Gasteiger partial charge in [0.1, 0.15) is 11.6 Å². The average molecular weight is 266 g/mol. The Morgan fingerprint density at radius 2 is 2.00 bits per heavy atom. The fourth-order valence-corrected chi connectivity index (χ4v) is 1.60. The van der Waals surface area contributed by atoms with E-state index in [9.17, 15) is 14.3 Å². The summed E-state index contributed by atoms with van der Waals surface area (Å²) in [7, 11) is 0. The molecular weight excluding hydrogens is 257 g/mol. The van der Waals surface area contributed by atoms with E-state index in [-0.39, 0.29) is 16.3 Å². The summed E-state index contributed by atoms with van der Waals surface area (Å²) in [6.07, 6.45) is 0. The number of halogens is 2. The molecule has 0 radical (unpaired) electrons. The molecule has 0 saturated heterocycles. The summed E-state index contributed by atoms with van der Waals surface area (Å²) in [5.74, 6) is -0.960. The molecule has 0 heterocycles. The average Bonchev–Trinajstić information content (AvgIpc) is 2.32.